The van der Waals surface area contributed by atoms with Crippen LogP contribution < -0.4 is 0 Å². The summed E-state index contributed by atoms with van der Waals surface area (Å²) in [6, 6.07) is 72.1. The maximum absolute atomic E-state index is 2.46. The van der Waals surface area contributed by atoms with Crippen molar-refractivity contribution >= 4 is 43.1 Å². The predicted octanol–water partition coefficient (Wildman–Crippen LogP) is 15.3. The highest BCUT2D eigenvalue weighted by Crippen LogP contribution is 2.54. The third kappa shape index (κ3) is 4.78. The molecule has 0 amide bonds. The van der Waals surface area contributed by atoms with Gasteiger partial charge in [0.25, 0.3) is 0 Å². The molecule has 0 saturated carbocycles. The van der Waals surface area contributed by atoms with Gasteiger partial charge in [-0.05, 0) is 122 Å². The van der Waals surface area contributed by atoms with E-state index >= 15 is 0 Å². The van der Waals surface area contributed by atoms with Crippen molar-refractivity contribution in [1.29, 1.82) is 0 Å². The van der Waals surface area contributed by atoms with E-state index in [-0.39, 0.29) is 5.41 Å². The van der Waals surface area contributed by atoms with E-state index < -0.39 is 0 Å². The predicted molar refractivity (Wildman–Crippen MR) is 236 cm³/mol. The summed E-state index contributed by atoms with van der Waals surface area (Å²) in [5, 5.41) is 10.3. The SMILES string of the molecule is CC1(C)c2cc(-c3cccc4ccccc34)ccc2-c2c1ccc1c(-c3c4ccccc4c(-c4cccc(-c5ccccc5)c4)c4ccccc34)cccc21. The van der Waals surface area contributed by atoms with Crippen molar-refractivity contribution < 1.29 is 0 Å². The van der Waals surface area contributed by atoms with Crippen molar-refractivity contribution in [1.82, 2.24) is 0 Å². The normalized spacial score (nSPS) is 13.1. The zero-order valence-electron chi connectivity index (χ0n) is 31.0. The van der Waals surface area contributed by atoms with Crippen LogP contribution in [-0.4, -0.2) is 0 Å². The van der Waals surface area contributed by atoms with Gasteiger partial charge in [-0.1, -0.05) is 196 Å². The summed E-state index contributed by atoms with van der Waals surface area (Å²) in [6.45, 7) is 4.79. The van der Waals surface area contributed by atoms with Gasteiger partial charge in [-0.25, -0.2) is 0 Å². The molecule has 0 atom stereocenters. The minimum absolute atomic E-state index is 0.134. The fourth-order valence-corrected chi connectivity index (χ4v) is 9.67. The van der Waals surface area contributed by atoms with E-state index in [1.165, 1.54) is 110 Å². The number of benzene rings is 10. The van der Waals surface area contributed by atoms with Gasteiger partial charge in [-0.2, -0.15) is 0 Å². The molecule has 10 aromatic carbocycles. The lowest BCUT2D eigenvalue weighted by Gasteiger charge is -2.23. The highest BCUT2D eigenvalue weighted by Gasteiger charge is 2.37. The van der Waals surface area contributed by atoms with Crippen LogP contribution in [0.2, 0.25) is 0 Å². The van der Waals surface area contributed by atoms with Crippen molar-refractivity contribution in [3.63, 3.8) is 0 Å². The largest absolute Gasteiger partial charge is 0.0622 e. The Labute approximate surface area is 322 Å². The topological polar surface area (TPSA) is 0 Å². The highest BCUT2D eigenvalue weighted by atomic mass is 14.4. The molecule has 258 valence electrons. The summed E-state index contributed by atoms with van der Waals surface area (Å²) >= 11 is 0. The first-order valence-corrected chi connectivity index (χ1v) is 19.4. The lowest BCUT2D eigenvalue weighted by molar-refractivity contribution is 0.661. The van der Waals surface area contributed by atoms with Crippen LogP contribution in [0.4, 0.5) is 0 Å². The second-order valence-electron chi connectivity index (χ2n) is 15.6. The first kappa shape index (κ1) is 31.7. The van der Waals surface area contributed by atoms with E-state index in [9.17, 15) is 0 Å². The van der Waals surface area contributed by atoms with Gasteiger partial charge in [0.05, 0.1) is 0 Å². The summed E-state index contributed by atoms with van der Waals surface area (Å²) in [7, 11) is 0. The van der Waals surface area contributed by atoms with Crippen LogP contribution in [0.5, 0.6) is 0 Å². The minimum atomic E-state index is -0.134. The Morgan fingerprint density at radius 2 is 0.818 bits per heavy atom. The minimum Gasteiger partial charge on any atom is -0.0622 e. The average Bonchev–Trinajstić information content (AvgIpc) is 3.48. The number of fused-ring (bicyclic) bond motifs is 8. The van der Waals surface area contributed by atoms with Crippen LogP contribution in [0.1, 0.15) is 25.0 Å². The molecule has 55 heavy (non-hydrogen) atoms. The van der Waals surface area contributed by atoms with Crippen molar-refractivity contribution in [2.24, 2.45) is 0 Å². The third-order valence-corrected chi connectivity index (χ3v) is 12.3. The van der Waals surface area contributed by atoms with Gasteiger partial charge in [0.15, 0.2) is 0 Å². The number of rotatable bonds is 4. The molecule has 0 N–H and O–H groups in total. The molecule has 0 heteroatoms. The monoisotopic (exact) mass is 698 g/mol. The molecule has 0 fully saturated rings. The Bertz CT molecular complexity index is 3100. The number of hydrogen-bond donors (Lipinski definition) is 0. The van der Waals surface area contributed by atoms with Gasteiger partial charge in [-0.15, -0.1) is 0 Å². The second-order valence-corrected chi connectivity index (χ2v) is 15.6. The molecule has 0 bridgehead atoms. The number of hydrogen-bond acceptors (Lipinski definition) is 0. The summed E-state index contributed by atoms with van der Waals surface area (Å²) in [6.07, 6.45) is 0. The Balaban J connectivity index is 1.13. The zero-order valence-corrected chi connectivity index (χ0v) is 31.0. The molecule has 11 rings (SSSR count). The zero-order chi connectivity index (χ0) is 36.7. The molecular formula is C55H38. The molecule has 0 saturated heterocycles. The first-order chi connectivity index (χ1) is 27.1. The van der Waals surface area contributed by atoms with E-state index in [0.29, 0.717) is 0 Å². The smallest absolute Gasteiger partial charge is 0.0159 e. The van der Waals surface area contributed by atoms with E-state index in [2.05, 4.69) is 208 Å². The molecule has 0 unspecified atom stereocenters. The Morgan fingerprint density at radius 3 is 1.58 bits per heavy atom. The fraction of sp³-hybridized carbons (Fsp3) is 0.0545. The van der Waals surface area contributed by atoms with E-state index in [1.807, 2.05) is 0 Å². The molecule has 0 spiro atoms. The summed E-state index contributed by atoms with van der Waals surface area (Å²) < 4.78 is 0. The summed E-state index contributed by atoms with van der Waals surface area (Å²) in [5.41, 5.74) is 15.5. The van der Waals surface area contributed by atoms with Gasteiger partial charge in [0.2, 0.25) is 0 Å². The molecule has 0 heterocycles. The highest BCUT2D eigenvalue weighted by molar-refractivity contribution is 6.24. The molecule has 1 aliphatic carbocycles. The molecule has 1 aliphatic rings. The lowest BCUT2D eigenvalue weighted by atomic mass is 9.80. The van der Waals surface area contributed by atoms with Crippen molar-refractivity contribution in [3.05, 3.63) is 205 Å². The van der Waals surface area contributed by atoms with E-state index in [1.54, 1.807) is 0 Å². The standard InChI is InChI=1S/C55H38/c1-55(2)50-32-31-42-43(27-14-28-44(42)54(50)49-30-29-38(34-51(49)55)41-26-13-18-36-17-6-7-21-40(36)41)53-47-24-10-8-22-45(47)52(46-23-9-11-25-48(46)53)39-20-12-19-37(33-39)35-15-4-3-5-16-35/h3-34H,1-2H3. The van der Waals surface area contributed by atoms with Crippen molar-refractivity contribution in [2.45, 2.75) is 19.3 Å². The second kappa shape index (κ2) is 12.1. The molecule has 0 aromatic heterocycles. The molecule has 0 nitrogen and oxygen atoms in total. The lowest BCUT2D eigenvalue weighted by Crippen LogP contribution is -2.15. The Hall–Kier alpha value is -6.76. The average molecular weight is 699 g/mol. The van der Waals surface area contributed by atoms with Gasteiger partial charge in [0, 0.05) is 5.41 Å². The maximum atomic E-state index is 2.46. The van der Waals surface area contributed by atoms with E-state index in [4.69, 9.17) is 0 Å². The van der Waals surface area contributed by atoms with Crippen molar-refractivity contribution in [2.75, 3.05) is 0 Å². The fourth-order valence-electron chi connectivity index (χ4n) is 9.67. The molecular weight excluding hydrogens is 661 g/mol. The van der Waals surface area contributed by atoms with Gasteiger partial charge >= 0.3 is 0 Å². The Morgan fingerprint density at radius 1 is 0.273 bits per heavy atom. The van der Waals surface area contributed by atoms with Crippen LogP contribution in [-0.2, 0) is 5.41 Å². The Kier molecular flexibility index (Phi) is 7.00. The van der Waals surface area contributed by atoms with Crippen LogP contribution in [0.3, 0.4) is 0 Å². The molecule has 0 aliphatic heterocycles. The van der Waals surface area contributed by atoms with Crippen LogP contribution in [0.25, 0.3) is 98.7 Å². The van der Waals surface area contributed by atoms with Crippen LogP contribution in [0.15, 0.2) is 194 Å². The van der Waals surface area contributed by atoms with Gasteiger partial charge in [0.1, 0.15) is 0 Å². The third-order valence-electron chi connectivity index (χ3n) is 12.3. The molecule has 10 aromatic rings. The summed E-state index contributed by atoms with van der Waals surface area (Å²) in [5.74, 6) is 0. The van der Waals surface area contributed by atoms with E-state index in [0.717, 1.165) is 0 Å². The van der Waals surface area contributed by atoms with Gasteiger partial charge in [-0.3, -0.25) is 0 Å². The maximum Gasteiger partial charge on any atom is 0.0159 e. The summed E-state index contributed by atoms with van der Waals surface area (Å²) in [4.78, 5) is 0. The van der Waals surface area contributed by atoms with Crippen LogP contribution >= 0.6 is 0 Å². The molecule has 0 radical (unpaired) electrons. The van der Waals surface area contributed by atoms with Crippen LogP contribution in [0, 0.1) is 0 Å². The quantitative estimate of drug-likeness (QED) is 0.161. The van der Waals surface area contributed by atoms with Gasteiger partial charge < -0.3 is 0 Å². The first-order valence-electron chi connectivity index (χ1n) is 19.4. The van der Waals surface area contributed by atoms with Crippen molar-refractivity contribution in [3.8, 4) is 55.6 Å².